The van der Waals surface area contributed by atoms with Crippen molar-refractivity contribution in [2.24, 2.45) is 0 Å². The van der Waals surface area contributed by atoms with Gasteiger partial charge in [-0.25, -0.2) is 4.98 Å². The molecule has 148 valence electrons. The fourth-order valence-electron chi connectivity index (χ4n) is 2.90. The smallest absolute Gasteiger partial charge is 0.268 e. The summed E-state index contributed by atoms with van der Waals surface area (Å²) in [5, 5.41) is 12.7. The Morgan fingerprint density at radius 2 is 1.86 bits per heavy atom. The monoisotopic (exact) mass is 403 g/mol. The van der Waals surface area contributed by atoms with Crippen LogP contribution in [0.4, 0.5) is 5.13 Å². The number of nitrogens with one attached hydrogen (secondary N) is 1. The van der Waals surface area contributed by atoms with Crippen molar-refractivity contribution >= 4 is 38.7 Å². The van der Waals surface area contributed by atoms with E-state index in [0.717, 1.165) is 15.8 Å². The topological polar surface area (TPSA) is 65.8 Å². The van der Waals surface area contributed by atoms with Crippen LogP contribution in [0.2, 0.25) is 0 Å². The third kappa shape index (κ3) is 4.90. The third-order valence-electron chi connectivity index (χ3n) is 4.75. The molecule has 0 unspecified atom stereocenters. The predicted molar refractivity (Wildman–Crippen MR) is 121 cm³/mol. The van der Waals surface area contributed by atoms with Crippen LogP contribution in [0.3, 0.4) is 0 Å². The molecule has 0 bridgehead atoms. The summed E-state index contributed by atoms with van der Waals surface area (Å²) in [5.41, 5.74) is 4.19. The van der Waals surface area contributed by atoms with E-state index in [4.69, 9.17) is 0 Å². The molecule has 1 heterocycles. The molecule has 1 N–H and O–H groups in total. The first-order valence-corrected chi connectivity index (χ1v) is 10.4. The van der Waals surface area contributed by atoms with Gasteiger partial charge in [-0.3, -0.25) is 10.1 Å². The lowest BCUT2D eigenvalue weighted by molar-refractivity contribution is -0.112. The molecule has 0 aliphatic carbocycles. The van der Waals surface area contributed by atoms with Crippen molar-refractivity contribution in [3.8, 4) is 6.07 Å². The number of nitriles is 1. The molecule has 0 fully saturated rings. The number of rotatable bonds is 4. The van der Waals surface area contributed by atoms with Crippen molar-refractivity contribution in [3.63, 3.8) is 0 Å². The summed E-state index contributed by atoms with van der Waals surface area (Å²) in [5.74, 6) is -0.0138. The van der Waals surface area contributed by atoms with E-state index in [1.54, 1.807) is 6.08 Å². The third-order valence-corrected chi connectivity index (χ3v) is 5.69. The van der Waals surface area contributed by atoms with E-state index in [9.17, 15) is 10.1 Å². The highest BCUT2D eigenvalue weighted by atomic mass is 32.1. The largest absolute Gasteiger partial charge is 0.297 e. The van der Waals surface area contributed by atoms with Crippen LogP contribution in [0, 0.1) is 11.3 Å². The number of hydrogen-bond acceptors (Lipinski definition) is 4. The van der Waals surface area contributed by atoms with Crippen LogP contribution < -0.4 is 5.32 Å². The number of carbonyl (C=O) groups excluding carboxylic acids is 1. The number of fused-ring (bicyclic) bond motifs is 1. The number of nitrogens with zero attached hydrogens (tertiary/aromatic N) is 2. The quantitative estimate of drug-likeness (QED) is 0.413. The Hall–Kier alpha value is -2.97. The zero-order valence-electron chi connectivity index (χ0n) is 17.4. The maximum Gasteiger partial charge on any atom is 0.268 e. The van der Waals surface area contributed by atoms with Gasteiger partial charge in [0.15, 0.2) is 5.13 Å². The zero-order chi connectivity index (χ0) is 21.2. The normalized spacial score (nSPS) is 12.2. The van der Waals surface area contributed by atoms with E-state index in [0.29, 0.717) is 11.0 Å². The summed E-state index contributed by atoms with van der Waals surface area (Å²) in [6, 6.07) is 16.0. The fourth-order valence-corrected chi connectivity index (χ4v) is 3.80. The second-order valence-electron chi connectivity index (χ2n) is 8.40. The Labute approximate surface area is 175 Å². The highest BCUT2D eigenvalue weighted by molar-refractivity contribution is 7.22. The van der Waals surface area contributed by atoms with E-state index in [1.807, 2.05) is 36.4 Å². The Kier molecular flexibility index (Phi) is 5.86. The van der Waals surface area contributed by atoms with Gasteiger partial charge < -0.3 is 0 Å². The lowest BCUT2D eigenvalue weighted by Gasteiger charge is -2.18. The maximum atomic E-state index is 12.6. The summed E-state index contributed by atoms with van der Waals surface area (Å²) in [6.45, 7) is 10.7. The van der Waals surface area contributed by atoms with Gasteiger partial charge in [0.05, 0.1) is 10.2 Å². The minimum absolute atomic E-state index is 0.0451. The maximum absolute atomic E-state index is 12.6. The molecule has 0 spiro atoms. The minimum Gasteiger partial charge on any atom is -0.297 e. The van der Waals surface area contributed by atoms with E-state index in [1.165, 1.54) is 22.5 Å². The highest BCUT2D eigenvalue weighted by Crippen LogP contribution is 2.31. The predicted octanol–water partition coefficient (Wildman–Crippen LogP) is 6.26. The summed E-state index contributed by atoms with van der Waals surface area (Å²) in [4.78, 5) is 17.1. The lowest BCUT2D eigenvalue weighted by Crippen LogP contribution is -2.13. The van der Waals surface area contributed by atoms with Crippen molar-refractivity contribution in [1.29, 1.82) is 5.26 Å². The Bertz CT molecular complexity index is 1110. The first kappa shape index (κ1) is 20.8. The van der Waals surface area contributed by atoms with Crippen molar-refractivity contribution in [2.75, 3.05) is 5.32 Å². The van der Waals surface area contributed by atoms with Crippen LogP contribution in [0.5, 0.6) is 0 Å². The molecule has 5 heteroatoms. The Morgan fingerprint density at radius 1 is 1.17 bits per heavy atom. The van der Waals surface area contributed by atoms with Crippen molar-refractivity contribution in [2.45, 2.75) is 46.0 Å². The molecule has 2 aromatic carbocycles. The molecule has 29 heavy (non-hydrogen) atoms. The first-order valence-electron chi connectivity index (χ1n) is 9.61. The number of carbonyl (C=O) groups is 1. The second kappa shape index (κ2) is 8.18. The fraction of sp³-hybridized carbons (Fsp3) is 0.292. The van der Waals surface area contributed by atoms with Crippen LogP contribution in [-0.4, -0.2) is 10.9 Å². The molecule has 0 radical (unpaired) electrons. The van der Waals surface area contributed by atoms with Gasteiger partial charge in [0.1, 0.15) is 11.6 Å². The number of hydrogen-bond donors (Lipinski definition) is 1. The molecule has 3 rings (SSSR count). The number of anilines is 1. The summed E-state index contributed by atoms with van der Waals surface area (Å²) < 4.78 is 1.01. The molecule has 1 amide bonds. The minimum atomic E-state index is -0.449. The number of benzene rings is 2. The highest BCUT2D eigenvalue weighted by Gasteiger charge is 2.16. The van der Waals surface area contributed by atoms with Crippen LogP contribution in [0.15, 0.2) is 48.0 Å². The first-order chi connectivity index (χ1) is 13.7. The molecular formula is C24H25N3OS. The van der Waals surface area contributed by atoms with Gasteiger partial charge in [0, 0.05) is 0 Å². The summed E-state index contributed by atoms with van der Waals surface area (Å²) in [6.07, 6.45) is 1.60. The molecular weight excluding hydrogens is 378 g/mol. The van der Waals surface area contributed by atoms with Crippen molar-refractivity contribution < 1.29 is 4.79 Å². The van der Waals surface area contributed by atoms with Gasteiger partial charge in [-0.15, -0.1) is 0 Å². The number of thiazole rings is 1. The molecule has 0 saturated heterocycles. The van der Waals surface area contributed by atoms with E-state index in [2.05, 4.69) is 57.1 Å². The zero-order valence-corrected chi connectivity index (χ0v) is 18.2. The van der Waals surface area contributed by atoms with Crippen LogP contribution in [-0.2, 0) is 10.2 Å². The second-order valence-corrected chi connectivity index (χ2v) is 9.43. The van der Waals surface area contributed by atoms with Crippen molar-refractivity contribution in [3.05, 3.63) is 64.7 Å². The molecule has 0 saturated carbocycles. The van der Waals surface area contributed by atoms with E-state index >= 15 is 0 Å². The van der Waals surface area contributed by atoms with Gasteiger partial charge in [-0.1, -0.05) is 76.3 Å². The van der Waals surface area contributed by atoms with Crippen LogP contribution in [0.25, 0.3) is 16.3 Å². The molecule has 0 atom stereocenters. The summed E-state index contributed by atoms with van der Waals surface area (Å²) >= 11 is 1.42. The molecule has 0 aliphatic heterocycles. The van der Waals surface area contributed by atoms with Gasteiger partial charge in [-0.2, -0.15) is 5.26 Å². The Morgan fingerprint density at radius 3 is 2.45 bits per heavy atom. The van der Waals surface area contributed by atoms with Crippen LogP contribution in [0.1, 0.15) is 57.2 Å². The average Bonchev–Trinajstić information content (AvgIpc) is 3.07. The van der Waals surface area contributed by atoms with Gasteiger partial charge in [0.25, 0.3) is 5.91 Å². The van der Waals surface area contributed by atoms with E-state index in [-0.39, 0.29) is 11.0 Å². The van der Waals surface area contributed by atoms with E-state index < -0.39 is 5.91 Å². The Balaban J connectivity index is 1.81. The molecule has 0 aliphatic rings. The molecule has 1 aromatic heterocycles. The van der Waals surface area contributed by atoms with Crippen LogP contribution >= 0.6 is 11.3 Å². The summed E-state index contributed by atoms with van der Waals surface area (Å²) in [7, 11) is 0. The standard InChI is InChI=1S/C24H25N3OS/c1-15(2)17-8-6-16(7-9-17)12-18(14-25)22(28)27-23-26-20-11-10-19(24(3,4)5)13-21(20)29-23/h6-13,15H,1-5H3,(H,26,27,28)/b18-12+. The average molecular weight is 404 g/mol. The van der Waals surface area contributed by atoms with Gasteiger partial charge >= 0.3 is 0 Å². The van der Waals surface area contributed by atoms with Gasteiger partial charge in [0.2, 0.25) is 0 Å². The number of amides is 1. The lowest BCUT2D eigenvalue weighted by atomic mass is 9.87. The SMILES string of the molecule is CC(C)c1ccc(/C=C(\C#N)C(=O)Nc2nc3ccc(C(C)(C)C)cc3s2)cc1. The molecule has 3 aromatic rings. The number of aromatic nitrogens is 1. The van der Waals surface area contributed by atoms with Gasteiger partial charge in [-0.05, 0) is 46.2 Å². The van der Waals surface area contributed by atoms with Crippen molar-refractivity contribution in [1.82, 2.24) is 4.98 Å². The molecule has 4 nitrogen and oxygen atoms in total.